The van der Waals surface area contributed by atoms with Crippen molar-refractivity contribution >= 4 is 39.9 Å². The van der Waals surface area contributed by atoms with Gasteiger partial charge in [0, 0.05) is 17.0 Å². The molecule has 2 amide bonds. The van der Waals surface area contributed by atoms with E-state index in [2.05, 4.69) is 10.3 Å². The molecule has 0 radical (unpaired) electrons. The number of amides is 2. The molecule has 0 unspecified atom stereocenters. The van der Waals surface area contributed by atoms with Crippen LogP contribution < -0.4 is 10.2 Å². The number of carboxylic acid groups (broad SMARTS) is 1. The van der Waals surface area contributed by atoms with E-state index in [0.29, 0.717) is 16.5 Å². The second kappa shape index (κ2) is 8.39. The summed E-state index contributed by atoms with van der Waals surface area (Å²) in [5, 5.41) is 13.8. The van der Waals surface area contributed by atoms with Gasteiger partial charge in [-0.3, -0.25) is 14.4 Å². The first-order chi connectivity index (χ1) is 11.9. The van der Waals surface area contributed by atoms with Crippen molar-refractivity contribution in [1.82, 2.24) is 4.98 Å². The number of hydrogen-bond acceptors (Lipinski definition) is 5. The van der Waals surface area contributed by atoms with Crippen LogP contribution in [0.15, 0.2) is 35.7 Å². The maximum absolute atomic E-state index is 12.5. The van der Waals surface area contributed by atoms with Gasteiger partial charge in [-0.1, -0.05) is 32.0 Å². The number of benzene rings is 1. The summed E-state index contributed by atoms with van der Waals surface area (Å²) in [6.45, 7) is 3.12. The number of carboxylic acids is 1. The minimum absolute atomic E-state index is 0.0454. The molecule has 2 rings (SSSR count). The first-order valence-corrected chi connectivity index (χ1v) is 8.57. The third kappa shape index (κ3) is 5.39. The Morgan fingerprint density at radius 1 is 1.24 bits per heavy atom. The SMILES string of the molecule is CC(C)C(=O)Nc1nc(CC(=O)N(CC(=O)O)c2ccccc2)cs1. The van der Waals surface area contributed by atoms with Gasteiger partial charge < -0.3 is 15.3 Å². The van der Waals surface area contributed by atoms with E-state index >= 15 is 0 Å². The first kappa shape index (κ1) is 18.6. The summed E-state index contributed by atoms with van der Waals surface area (Å²) in [5.41, 5.74) is 0.999. The van der Waals surface area contributed by atoms with Crippen molar-refractivity contribution in [3.63, 3.8) is 0 Å². The molecule has 0 spiro atoms. The predicted octanol–water partition coefficient (Wildman–Crippen LogP) is 2.40. The molecular formula is C17H19N3O4S. The minimum atomic E-state index is -1.10. The van der Waals surface area contributed by atoms with Crippen LogP contribution in [-0.4, -0.2) is 34.4 Å². The molecular weight excluding hydrogens is 342 g/mol. The molecule has 132 valence electrons. The Hall–Kier alpha value is -2.74. The van der Waals surface area contributed by atoms with Crippen molar-refractivity contribution in [1.29, 1.82) is 0 Å². The molecule has 0 atom stereocenters. The van der Waals surface area contributed by atoms with Gasteiger partial charge in [0.25, 0.3) is 0 Å². The fourth-order valence-corrected chi connectivity index (χ4v) is 2.73. The average molecular weight is 361 g/mol. The van der Waals surface area contributed by atoms with Crippen LogP contribution in [0.4, 0.5) is 10.8 Å². The second-order valence-electron chi connectivity index (χ2n) is 5.67. The Bertz CT molecular complexity index is 758. The summed E-state index contributed by atoms with van der Waals surface area (Å²) in [7, 11) is 0. The molecule has 0 aliphatic rings. The minimum Gasteiger partial charge on any atom is -0.480 e. The number of nitrogens with one attached hydrogen (secondary N) is 1. The van der Waals surface area contributed by atoms with Crippen molar-refractivity contribution in [3.8, 4) is 0 Å². The third-order valence-corrected chi connectivity index (χ3v) is 4.11. The lowest BCUT2D eigenvalue weighted by atomic mass is 10.2. The number of hydrogen-bond donors (Lipinski definition) is 2. The fraction of sp³-hybridized carbons (Fsp3) is 0.294. The van der Waals surface area contributed by atoms with Gasteiger partial charge >= 0.3 is 5.97 Å². The van der Waals surface area contributed by atoms with Gasteiger partial charge in [-0.05, 0) is 12.1 Å². The van der Waals surface area contributed by atoms with E-state index in [0.717, 1.165) is 0 Å². The summed E-state index contributed by atoms with van der Waals surface area (Å²) < 4.78 is 0. The van der Waals surface area contributed by atoms with E-state index in [-0.39, 0.29) is 24.2 Å². The average Bonchev–Trinajstić information content (AvgIpc) is 3.00. The highest BCUT2D eigenvalue weighted by Gasteiger charge is 2.20. The van der Waals surface area contributed by atoms with Gasteiger partial charge in [0.2, 0.25) is 11.8 Å². The Balaban J connectivity index is 2.09. The number of aromatic nitrogens is 1. The van der Waals surface area contributed by atoms with E-state index in [4.69, 9.17) is 5.11 Å². The van der Waals surface area contributed by atoms with Crippen molar-refractivity contribution < 1.29 is 19.5 Å². The molecule has 0 bridgehead atoms. The van der Waals surface area contributed by atoms with Gasteiger partial charge in [-0.2, -0.15) is 0 Å². The molecule has 2 aromatic rings. The highest BCUT2D eigenvalue weighted by atomic mass is 32.1. The number of carbonyl (C=O) groups is 3. The van der Waals surface area contributed by atoms with Gasteiger partial charge in [0.05, 0.1) is 12.1 Å². The van der Waals surface area contributed by atoms with Crippen LogP contribution in [0.3, 0.4) is 0 Å². The van der Waals surface area contributed by atoms with E-state index in [1.165, 1.54) is 16.2 Å². The van der Waals surface area contributed by atoms with Crippen LogP contribution in [0.25, 0.3) is 0 Å². The molecule has 0 aliphatic heterocycles. The van der Waals surface area contributed by atoms with Gasteiger partial charge in [0.1, 0.15) is 6.54 Å². The summed E-state index contributed by atoms with van der Waals surface area (Å²) in [6, 6.07) is 8.61. The monoisotopic (exact) mass is 361 g/mol. The molecule has 0 aliphatic carbocycles. The Morgan fingerprint density at radius 3 is 2.52 bits per heavy atom. The fourth-order valence-electron chi connectivity index (χ4n) is 2.01. The van der Waals surface area contributed by atoms with Crippen LogP contribution in [0.2, 0.25) is 0 Å². The van der Waals surface area contributed by atoms with E-state index in [1.807, 2.05) is 0 Å². The molecule has 2 N–H and O–H groups in total. The normalized spacial score (nSPS) is 10.5. The van der Waals surface area contributed by atoms with Gasteiger partial charge in [0.15, 0.2) is 5.13 Å². The third-order valence-electron chi connectivity index (χ3n) is 3.30. The first-order valence-electron chi connectivity index (χ1n) is 7.69. The standard InChI is InChI=1S/C17H19N3O4S/c1-11(2)16(24)19-17-18-12(10-25-17)8-14(21)20(9-15(22)23)13-6-4-3-5-7-13/h3-7,10-11H,8-9H2,1-2H3,(H,22,23)(H,18,19,24). The van der Waals surface area contributed by atoms with Gasteiger partial charge in [-0.25, -0.2) is 4.98 Å². The van der Waals surface area contributed by atoms with Crippen LogP contribution in [0.5, 0.6) is 0 Å². The largest absolute Gasteiger partial charge is 0.480 e. The Labute approximate surface area is 149 Å². The maximum atomic E-state index is 12.5. The summed E-state index contributed by atoms with van der Waals surface area (Å²) >= 11 is 1.23. The topological polar surface area (TPSA) is 99.6 Å². The lowest BCUT2D eigenvalue weighted by Crippen LogP contribution is -2.36. The highest BCUT2D eigenvalue weighted by Crippen LogP contribution is 2.19. The molecule has 0 fully saturated rings. The predicted molar refractivity (Wildman–Crippen MR) is 95.7 cm³/mol. The zero-order valence-corrected chi connectivity index (χ0v) is 14.7. The number of aliphatic carboxylic acids is 1. The molecule has 1 aromatic heterocycles. The van der Waals surface area contributed by atoms with Crippen molar-refractivity contribution in [2.45, 2.75) is 20.3 Å². The van der Waals surface area contributed by atoms with Crippen molar-refractivity contribution in [3.05, 3.63) is 41.4 Å². The second-order valence-corrected chi connectivity index (χ2v) is 6.53. The highest BCUT2D eigenvalue weighted by molar-refractivity contribution is 7.13. The van der Waals surface area contributed by atoms with Crippen LogP contribution in [0, 0.1) is 5.92 Å². The smallest absolute Gasteiger partial charge is 0.323 e. The molecule has 8 heteroatoms. The zero-order valence-electron chi connectivity index (χ0n) is 13.9. The molecule has 0 saturated carbocycles. The number of nitrogens with zero attached hydrogens (tertiary/aromatic N) is 2. The van der Waals surface area contributed by atoms with Crippen LogP contribution in [0.1, 0.15) is 19.5 Å². The summed E-state index contributed by atoms with van der Waals surface area (Å²) in [6.07, 6.45) is -0.0454. The maximum Gasteiger partial charge on any atom is 0.323 e. The van der Waals surface area contributed by atoms with E-state index in [9.17, 15) is 14.4 Å². The number of thiazole rings is 1. The van der Waals surface area contributed by atoms with E-state index < -0.39 is 12.5 Å². The summed E-state index contributed by atoms with van der Waals surface area (Å²) in [5.74, 6) is -1.79. The quantitative estimate of drug-likeness (QED) is 0.789. The number of para-hydroxylation sites is 1. The summed E-state index contributed by atoms with van der Waals surface area (Å²) in [4.78, 5) is 40.7. The Kier molecular flexibility index (Phi) is 6.24. The zero-order chi connectivity index (χ0) is 18.4. The van der Waals surface area contributed by atoms with Crippen molar-refractivity contribution in [2.24, 2.45) is 5.92 Å². The number of anilines is 2. The van der Waals surface area contributed by atoms with E-state index in [1.54, 1.807) is 49.6 Å². The Morgan fingerprint density at radius 2 is 1.92 bits per heavy atom. The number of carbonyl (C=O) groups excluding carboxylic acids is 2. The van der Waals surface area contributed by atoms with Crippen molar-refractivity contribution in [2.75, 3.05) is 16.8 Å². The molecule has 7 nitrogen and oxygen atoms in total. The number of rotatable bonds is 7. The molecule has 1 aromatic carbocycles. The molecule has 0 saturated heterocycles. The van der Waals surface area contributed by atoms with Gasteiger partial charge in [-0.15, -0.1) is 11.3 Å². The molecule has 1 heterocycles. The van der Waals surface area contributed by atoms with Crippen LogP contribution >= 0.6 is 11.3 Å². The lowest BCUT2D eigenvalue weighted by Gasteiger charge is -2.20. The molecule has 25 heavy (non-hydrogen) atoms. The lowest BCUT2D eigenvalue weighted by molar-refractivity contribution is -0.136. The van der Waals surface area contributed by atoms with Crippen LogP contribution in [-0.2, 0) is 20.8 Å².